The molecule has 0 saturated heterocycles. The first-order valence-corrected chi connectivity index (χ1v) is 5.88. The second-order valence-electron chi connectivity index (χ2n) is 3.48. The Hall–Kier alpha value is -1.35. The highest BCUT2D eigenvalue weighted by Gasteiger charge is 2.18. The Kier molecular flexibility index (Phi) is 2.21. The summed E-state index contributed by atoms with van der Waals surface area (Å²) in [6, 6.07) is 4.03. The Bertz CT molecular complexity index is 613. The van der Waals surface area contributed by atoms with Gasteiger partial charge in [-0.15, -0.1) is 0 Å². The van der Waals surface area contributed by atoms with Crippen LogP contribution in [0.3, 0.4) is 0 Å². The molecule has 0 fully saturated rings. The number of hydrogen-bond acceptors (Lipinski definition) is 4. The molecule has 0 saturated carbocycles. The van der Waals surface area contributed by atoms with Crippen LogP contribution < -0.4 is 9.44 Å². The van der Waals surface area contributed by atoms with Crippen LogP contribution in [-0.4, -0.2) is 4.98 Å². The normalized spacial score (nSPS) is 14.2. The molecule has 1 aromatic heterocycles. The Morgan fingerprint density at radius 2 is 2.38 bits per heavy atom. The molecule has 2 aromatic rings. The average Bonchev–Trinajstić information content (AvgIpc) is 2.74. The van der Waals surface area contributed by atoms with Gasteiger partial charge in [0.05, 0.1) is 21.8 Å². The highest BCUT2D eigenvalue weighted by atomic mass is 35.5. The Balaban J connectivity index is 2.40. The standard InChI is InChI=1S/C10H7ClN4S/c11-7-1-5-4-14-16-15-9(5)10-8(7)6(2-12)3-13-10/h1,3,13-15H,4H2. The molecule has 0 spiro atoms. The van der Waals surface area contributed by atoms with Crippen molar-refractivity contribution in [1.82, 2.24) is 9.71 Å². The predicted octanol–water partition coefficient (Wildman–Crippen LogP) is 2.77. The number of benzene rings is 1. The van der Waals surface area contributed by atoms with Crippen LogP contribution in [0.15, 0.2) is 12.3 Å². The third-order valence-corrected chi connectivity index (χ3v) is 3.49. The van der Waals surface area contributed by atoms with Crippen molar-refractivity contribution in [3.8, 4) is 6.07 Å². The fourth-order valence-electron chi connectivity index (χ4n) is 1.87. The molecule has 0 unspecified atom stereocenters. The number of aromatic amines is 1. The molecule has 3 N–H and O–H groups in total. The largest absolute Gasteiger partial charge is 0.358 e. The second-order valence-corrected chi connectivity index (χ2v) is 4.59. The summed E-state index contributed by atoms with van der Waals surface area (Å²) in [5.41, 5.74) is 3.58. The number of hydrogen-bond donors (Lipinski definition) is 3. The number of nitrogens with zero attached hydrogens (tertiary/aromatic N) is 1. The maximum absolute atomic E-state index is 8.99. The van der Waals surface area contributed by atoms with Crippen molar-refractivity contribution in [1.29, 1.82) is 5.26 Å². The van der Waals surface area contributed by atoms with Gasteiger partial charge >= 0.3 is 0 Å². The molecular formula is C10H7ClN4S. The van der Waals surface area contributed by atoms with Crippen molar-refractivity contribution in [2.24, 2.45) is 0 Å². The third kappa shape index (κ3) is 1.28. The van der Waals surface area contributed by atoms with E-state index in [9.17, 15) is 0 Å². The van der Waals surface area contributed by atoms with E-state index in [1.165, 1.54) is 12.1 Å². The molecule has 0 aliphatic carbocycles. The summed E-state index contributed by atoms with van der Waals surface area (Å²) >= 11 is 7.61. The van der Waals surface area contributed by atoms with Gasteiger partial charge < -0.3 is 9.71 Å². The zero-order valence-electron chi connectivity index (χ0n) is 8.10. The van der Waals surface area contributed by atoms with Crippen LogP contribution in [0.5, 0.6) is 0 Å². The second kappa shape index (κ2) is 3.59. The van der Waals surface area contributed by atoms with Crippen molar-refractivity contribution in [3.63, 3.8) is 0 Å². The van der Waals surface area contributed by atoms with Crippen LogP contribution in [0.4, 0.5) is 5.69 Å². The number of rotatable bonds is 0. The monoisotopic (exact) mass is 250 g/mol. The Labute approximate surface area is 101 Å². The molecule has 0 atom stereocenters. The molecule has 80 valence electrons. The number of halogens is 1. The third-order valence-electron chi connectivity index (χ3n) is 2.60. The number of anilines is 1. The summed E-state index contributed by atoms with van der Waals surface area (Å²) in [6.07, 6.45) is 1.69. The number of nitriles is 1. The van der Waals surface area contributed by atoms with Crippen molar-refractivity contribution < 1.29 is 0 Å². The van der Waals surface area contributed by atoms with E-state index in [1.807, 2.05) is 6.07 Å². The zero-order valence-corrected chi connectivity index (χ0v) is 9.67. The van der Waals surface area contributed by atoms with Gasteiger partial charge in [-0.1, -0.05) is 11.6 Å². The molecule has 6 heteroatoms. The Morgan fingerprint density at radius 1 is 1.50 bits per heavy atom. The van der Waals surface area contributed by atoms with Crippen molar-refractivity contribution in [2.75, 3.05) is 4.72 Å². The maximum atomic E-state index is 8.99. The van der Waals surface area contributed by atoms with E-state index in [2.05, 4.69) is 20.5 Å². The van der Waals surface area contributed by atoms with E-state index in [0.717, 1.165) is 28.7 Å². The van der Waals surface area contributed by atoms with Gasteiger partial charge in [-0.3, -0.25) is 0 Å². The van der Waals surface area contributed by atoms with E-state index in [0.29, 0.717) is 10.6 Å². The van der Waals surface area contributed by atoms with Gasteiger partial charge in [0, 0.05) is 30.3 Å². The van der Waals surface area contributed by atoms with Gasteiger partial charge in [0.2, 0.25) is 0 Å². The quantitative estimate of drug-likeness (QED) is 0.629. The molecular weight excluding hydrogens is 244 g/mol. The fraction of sp³-hybridized carbons (Fsp3) is 0.100. The molecule has 0 radical (unpaired) electrons. The van der Waals surface area contributed by atoms with E-state index < -0.39 is 0 Å². The van der Waals surface area contributed by atoms with E-state index in [1.54, 1.807) is 6.20 Å². The number of nitrogens with one attached hydrogen (secondary N) is 3. The molecule has 1 aliphatic heterocycles. The first kappa shape index (κ1) is 9.85. The van der Waals surface area contributed by atoms with Crippen LogP contribution in [0, 0.1) is 11.3 Å². The summed E-state index contributed by atoms with van der Waals surface area (Å²) in [7, 11) is 0. The van der Waals surface area contributed by atoms with Crippen LogP contribution in [0.25, 0.3) is 10.9 Å². The lowest BCUT2D eigenvalue weighted by molar-refractivity contribution is 0.972. The van der Waals surface area contributed by atoms with Crippen molar-refractivity contribution in [3.05, 3.63) is 28.4 Å². The highest BCUT2D eigenvalue weighted by Crippen LogP contribution is 2.37. The summed E-state index contributed by atoms with van der Waals surface area (Å²) in [4.78, 5) is 3.10. The summed E-state index contributed by atoms with van der Waals surface area (Å²) < 4.78 is 6.30. The Morgan fingerprint density at radius 3 is 3.19 bits per heavy atom. The minimum Gasteiger partial charge on any atom is -0.358 e. The lowest BCUT2D eigenvalue weighted by atomic mass is 10.1. The molecule has 0 bridgehead atoms. The summed E-state index contributed by atoms with van der Waals surface area (Å²) in [5.74, 6) is 0. The van der Waals surface area contributed by atoms with Gasteiger partial charge in [-0.05, 0) is 11.6 Å². The topological polar surface area (TPSA) is 63.6 Å². The van der Waals surface area contributed by atoms with Gasteiger partial charge in [0.25, 0.3) is 0 Å². The van der Waals surface area contributed by atoms with Crippen LogP contribution >= 0.6 is 23.7 Å². The predicted molar refractivity (Wildman–Crippen MR) is 66.1 cm³/mol. The molecule has 1 aromatic carbocycles. The molecule has 0 amide bonds. The van der Waals surface area contributed by atoms with Crippen LogP contribution in [-0.2, 0) is 6.54 Å². The van der Waals surface area contributed by atoms with Crippen molar-refractivity contribution in [2.45, 2.75) is 6.54 Å². The summed E-state index contributed by atoms with van der Waals surface area (Å²) in [5, 5.41) is 10.4. The molecule has 2 heterocycles. The average molecular weight is 251 g/mol. The SMILES string of the molecule is N#Cc1c[nH]c2c3c(cc(Cl)c12)CNSN3. The van der Waals surface area contributed by atoms with Gasteiger partial charge in [0.15, 0.2) is 0 Å². The minimum atomic E-state index is 0.577. The smallest absolute Gasteiger partial charge is 0.101 e. The van der Waals surface area contributed by atoms with Crippen molar-refractivity contribution >= 4 is 40.3 Å². The number of fused-ring (bicyclic) bond motifs is 3. The fourth-order valence-corrected chi connectivity index (χ4v) is 2.83. The van der Waals surface area contributed by atoms with Gasteiger partial charge in [-0.2, -0.15) is 5.26 Å². The number of aromatic nitrogens is 1. The first-order chi connectivity index (χ1) is 7.81. The number of H-pyrrole nitrogens is 1. The zero-order chi connectivity index (χ0) is 11.1. The van der Waals surface area contributed by atoms with E-state index in [-0.39, 0.29) is 0 Å². The summed E-state index contributed by atoms with van der Waals surface area (Å²) in [6.45, 7) is 0.754. The highest BCUT2D eigenvalue weighted by molar-refractivity contribution is 7.98. The van der Waals surface area contributed by atoms with E-state index in [4.69, 9.17) is 16.9 Å². The van der Waals surface area contributed by atoms with Gasteiger partial charge in [0.1, 0.15) is 6.07 Å². The lowest BCUT2D eigenvalue weighted by Crippen LogP contribution is -2.14. The minimum absolute atomic E-state index is 0.577. The molecule has 4 nitrogen and oxygen atoms in total. The molecule has 3 rings (SSSR count). The first-order valence-electron chi connectivity index (χ1n) is 4.68. The van der Waals surface area contributed by atoms with Crippen LogP contribution in [0.1, 0.15) is 11.1 Å². The maximum Gasteiger partial charge on any atom is 0.101 e. The lowest BCUT2D eigenvalue weighted by Gasteiger charge is -2.18. The van der Waals surface area contributed by atoms with Crippen LogP contribution in [0.2, 0.25) is 5.02 Å². The van der Waals surface area contributed by atoms with E-state index >= 15 is 0 Å². The molecule has 16 heavy (non-hydrogen) atoms. The van der Waals surface area contributed by atoms with Gasteiger partial charge in [-0.25, -0.2) is 4.72 Å². The molecule has 1 aliphatic rings.